The molecule has 0 spiro atoms. The SMILES string of the molecule is CCNCc1cc(S(=O)(=O)N(C)Cc2ccccn2)cs1. The van der Waals surface area contributed by atoms with E-state index < -0.39 is 10.0 Å². The van der Waals surface area contributed by atoms with Gasteiger partial charge in [-0.1, -0.05) is 13.0 Å². The molecule has 2 aromatic heterocycles. The van der Waals surface area contributed by atoms with Crippen molar-refractivity contribution in [1.82, 2.24) is 14.6 Å². The van der Waals surface area contributed by atoms with E-state index in [1.54, 1.807) is 24.7 Å². The number of pyridine rings is 1. The first-order valence-electron chi connectivity index (χ1n) is 6.68. The lowest BCUT2D eigenvalue weighted by atomic mass is 10.3. The van der Waals surface area contributed by atoms with Crippen LogP contribution in [0.4, 0.5) is 0 Å². The molecule has 0 saturated carbocycles. The van der Waals surface area contributed by atoms with Crippen LogP contribution in [0.5, 0.6) is 0 Å². The van der Waals surface area contributed by atoms with E-state index in [1.807, 2.05) is 25.1 Å². The number of thiophene rings is 1. The molecule has 0 saturated heterocycles. The van der Waals surface area contributed by atoms with Crippen molar-refractivity contribution < 1.29 is 8.42 Å². The molecule has 1 N–H and O–H groups in total. The monoisotopic (exact) mass is 325 g/mol. The summed E-state index contributed by atoms with van der Waals surface area (Å²) in [4.78, 5) is 5.52. The summed E-state index contributed by atoms with van der Waals surface area (Å²) in [5.41, 5.74) is 0.728. The normalized spacial score (nSPS) is 12.0. The minimum absolute atomic E-state index is 0.265. The minimum atomic E-state index is -3.47. The van der Waals surface area contributed by atoms with Crippen LogP contribution in [0.3, 0.4) is 0 Å². The maximum Gasteiger partial charge on any atom is 0.244 e. The van der Waals surface area contributed by atoms with Gasteiger partial charge < -0.3 is 5.32 Å². The third kappa shape index (κ3) is 4.10. The van der Waals surface area contributed by atoms with Gasteiger partial charge >= 0.3 is 0 Å². The van der Waals surface area contributed by atoms with Crippen molar-refractivity contribution in [3.05, 3.63) is 46.4 Å². The fraction of sp³-hybridized carbons (Fsp3) is 0.357. The Bertz CT molecular complexity index is 669. The molecule has 114 valence electrons. The van der Waals surface area contributed by atoms with Crippen molar-refractivity contribution in [2.45, 2.75) is 24.9 Å². The summed E-state index contributed by atoms with van der Waals surface area (Å²) < 4.78 is 26.3. The van der Waals surface area contributed by atoms with Crippen molar-refractivity contribution in [3.8, 4) is 0 Å². The van der Waals surface area contributed by atoms with Crippen LogP contribution in [-0.4, -0.2) is 31.3 Å². The number of hydrogen-bond donors (Lipinski definition) is 1. The third-order valence-corrected chi connectivity index (χ3v) is 5.86. The Hall–Kier alpha value is -1.28. The number of sulfonamides is 1. The molecule has 21 heavy (non-hydrogen) atoms. The predicted octanol–water partition coefficient (Wildman–Crippen LogP) is 2.07. The van der Waals surface area contributed by atoms with Gasteiger partial charge in [0, 0.05) is 30.0 Å². The minimum Gasteiger partial charge on any atom is -0.312 e. The molecular weight excluding hydrogens is 306 g/mol. The Morgan fingerprint density at radius 3 is 2.86 bits per heavy atom. The lowest BCUT2D eigenvalue weighted by Crippen LogP contribution is -2.26. The highest BCUT2D eigenvalue weighted by Gasteiger charge is 2.22. The van der Waals surface area contributed by atoms with Gasteiger partial charge in [0.05, 0.1) is 17.1 Å². The number of nitrogens with zero attached hydrogens (tertiary/aromatic N) is 2. The van der Waals surface area contributed by atoms with Crippen LogP contribution < -0.4 is 5.32 Å². The van der Waals surface area contributed by atoms with Crippen LogP contribution in [-0.2, 0) is 23.1 Å². The highest BCUT2D eigenvalue weighted by Crippen LogP contribution is 2.22. The summed E-state index contributed by atoms with van der Waals surface area (Å²) >= 11 is 1.46. The van der Waals surface area contributed by atoms with E-state index >= 15 is 0 Å². The Morgan fingerprint density at radius 2 is 2.19 bits per heavy atom. The van der Waals surface area contributed by atoms with Crippen molar-refractivity contribution in [2.24, 2.45) is 0 Å². The first kappa shape index (κ1) is 16.1. The molecule has 2 rings (SSSR count). The summed E-state index contributed by atoms with van der Waals surface area (Å²) in [6.07, 6.45) is 1.66. The molecule has 5 nitrogen and oxygen atoms in total. The molecule has 0 unspecified atom stereocenters. The summed E-state index contributed by atoms with van der Waals surface area (Å²) in [5.74, 6) is 0. The Morgan fingerprint density at radius 1 is 1.38 bits per heavy atom. The van der Waals surface area contributed by atoms with Gasteiger partial charge in [-0.15, -0.1) is 11.3 Å². The van der Waals surface area contributed by atoms with Crippen molar-refractivity contribution in [2.75, 3.05) is 13.6 Å². The van der Waals surface area contributed by atoms with Gasteiger partial charge in [-0.2, -0.15) is 4.31 Å². The average molecular weight is 325 g/mol. The maximum atomic E-state index is 12.5. The molecule has 0 aliphatic rings. The van der Waals surface area contributed by atoms with Crippen LogP contribution in [0.1, 0.15) is 17.5 Å². The van der Waals surface area contributed by atoms with E-state index in [0.29, 0.717) is 11.4 Å². The molecule has 2 heterocycles. The van der Waals surface area contributed by atoms with Crippen LogP contribution in [0.15, 0.2) is 40.7 Å². The highest BCUT2D eigenvalue weighted by molar-refractivity contribution is 7.89. The molecule has 0 radical (unpaired) electrons. The van der Waals surface area contributed by atoms with E-state index in [1.165, 1.54) is 15.6 Å². The third-order valence-electron chi connectivity index (χ3n) is 3.00. The summed E-state index contributed by atoms with van der Waals surface area (Å²) in [6, 6.07) is 7.21. The summed E-state index contributed by atoms with van der Waals surface area (Å²) in [6.45, 7) is 3.84. The molecule has 7 heteroatoms. The summed E-state index contributed by atoms with van der Waals surface area (Å²) in [5, 5.41) is 4.88. The molecule has 2 aromatic rings. The van der Waals surface area contributed by atoms with Crippen LogP contribution in [0, 0.1) is 0 Å². The zero-order chi connectivity index (χ0) is 15.3. The van der Waals surface area contributed by atoms with Crippen molar-refractivity contribution in [3.63, 3.8) is 0 Å². The highest BCUT2D eigenvalue weighted by atomic mass is 32.2. The first-order chi connectivity index (χ1) is 10.0. The van der Waals surface area contributed by atoms with Crippen LogP contribution in [0.25, 0.3) is 0 Å². The number of nitrogens with one attached hydrogen (secondary N) is 1. The number of hydrogen-bond acceptors (Lipinski definition) is 5. The van der Waals surface area contributed by atoms with E-state index in [4.69, 9.17) is 0 Å². The van der Waals surface area contributed by atoms with Crippen LogP contribution in [0.2, 0.25) is 0 Å². The Balaban J connectivity index is 2.11. The van der Waals surface area contributed by atoms with Gasteiger partial charge in [-0.05, 0) is 24.7 Å². The van der Waals surface area contributed by atoms with Gasteiger partial charge in [-0.25, -0.2) is 8.42 Å². The fourth-order valence-corrected chi connectivity index (χ4v) is 4.20. The fourth-order valence-electron chi connectivity index (χ4n) is 1.82. The topological polar surface area (TPSA) is 62.3 Å². The molecule has 0 bridgehead atoms. The number of aromatic nitrogens is 1. The first-order valence-corrected chi connectivity index (χ1v) is 9.00. The van der Waals surface area contributed by atoms with Gasteiger partial charge in [0.1, 0.15) is 0 Å². The smallest absolute Gasteiger partial charge is 0.244 e. The molecule has 0 aliphatic carbocycles. The van der Waals surface area contributed by atoms with Crippen molar-refractivity contribution in [1.29, 1.82) is 0 Å². The van der Waals surface area contributed by atoms with Gasteiger partial charge in [-0.3, -0.25) is 4.98 Å². The molecule has 0 aliphatic heterocycles. The lowest BCUT2D eigenvalue weighted by molar-refractivity contribution is 0.462. The quantitative estimate of drug-likeness (QED) is 0.846. The lowest BCUT2D eigenvalue weighted by Gasteiger charge is -2.15. The van der Waals surface area contributed by atoms with Crippen molar-refractivity contribution >= 4 is 21.4 Å². The van der Waals surface area contributed by atoms with Crippen LogP contribution >= 0.6 is 11.3 Å². The van der Waals surface area contributed by atoms with E-state index in [9.17, 15) is 8.42 Å². The Labute approximate surface area is 129 Å². The largest absolute Gasteiger partial charge is 0.312 e. The van der Waals surface area contributed by atoms with E-state index in [0.717, 1.165) is 17.1 Å². The second kappa shape index (κ2) is 7.13. The molecular formula is C14H19N3O2S2. The average Bonchev–Trinajstić information content (AvgIpc) is 2.95. The second-order valence-corrected chi connectivity index (χ2v) is 7.65. The van der Waals surface area contributed by atoms with Gasteiger partial charge in [0.2, 0.25) is 10.0 Å². The standard InChI is InChI=1S/C14H19N3O2S2/c1-3-15-9-13-8-14(11-20-13)21(18,19)17(2)10-12-6-4-5-7-16-12/h4-8,11,15H,3,9-10H2,1-2H3. The van der Waals surface area contributed by atoms with E-state index in [-0.39, 0.29) is 6.54 Å². The predicted molar refractivity (Wildman–Crippen MR) is 84.6 cm³/mol. The molecule has 0 amide bonds. The zero-order valence-electron chi connectivity index (χ0n) is 12.1. The maximum absolute atomic E-state index is 12.5. The molecule has 0 atom stereocenters. The second-order valence-electron chi connectivity index (χ2n) is 4.61. The van der Waals surface area contributed by atoms with Gasteiger partial charge in [0.15, 0.2) is 0 Å². The summed E-state index contributed by atoms with van der Waals surface area (Å²) in [7, 11) is -1.89. The number of rotatable bonds is 7. The van der Waals surface area contributed by atoms with E-state index in [2.05, 4.69) is 10.3 Å². The van der Waals surface area contributed by atoms with Gasteiger partial charge in [0.25, 0.3) is 0 Å². The molecule has 0 fully saturated rings. The zero-order valence-corrected chi connectivity index (χ0v) is 13.7. The Kier molecular flexibility index (Phi) is 5.46. The molecule has 0 aromatic carbocycles.